The fraction of sp³-hybridized carbons (Fsp3) is 0.444. The van der Waals surface area contributed by atoms with E-state index >= 15 is 0 Å². The van der Waals surface area contributed by atoms with E-state index in [1.54, 1.807) is 11.8 Å². The van der Waals surface area contributed by atoms with Crippen molar-refractivity contribution in [3.05, 3.63) is 71.0 Å². The van der Waals surface area contributed by atoms with Crippen LogP contribution in [0, 0.1) is 13.8 Å². The van der Waals surface area contributed by atoms with Gasteiger partial charge < -0.3 is 5.32 Å². The number of hydrogen-bond donors (Lipinski definition) is 1. The molecular formula is C27H36N4OS. The van der Waals surface area contributed by atoms with Crippen molar-refractivity contribution < 1.29 is 4.79 Å². The molecule has 0 aliphatic heterocycles. The molecule has 176 valence electrons. The Morgan fingerprint density at radius 1 is 1.00 bits per heavy atom. The normalized spacial score (nSPS) is 12.0. The van der Waals surface area contributed by atoms with Crippen molar-refractivity contribution in [3.63, 3.8) is 0 Å². The molecule has 1 heterocycles. The fourth-order valence-electron chi connectivity index (χ4n) is 3.81. The van der Waals surface area contributed by atoms with Gasteiger partial charge in [0.15, 0.2) is 11.0 Å². The third kappa shape index (κ3) is 7.46. The highest BCUT2D eigenvalue weighted by Gasteiger charge is 2.21. The summed E-state index contributed by atoms with van der Waals surface area (Å²) in [5, 5.41) is 13.0. The molecule has 33 heavy (non-hydrogen) atoms. The van der Waals surface area contributed by atoms with Crippen molar-refractivity contribution in [1.29, 1.82) is 0 Å². The Kier molecular flexibility index (Phi) is 9.55. The summed E-state index contributed by atoms with van der Waals surface area (Å²) in [5.41, 5.74) is 4.71. The van der Waals surface area contributed by atoms with Crippen molar-refractivity contribution in [2.75, 3.05) is 0 Å². The van der Waals surface area contributed by atoms with Crippen LogP contribution in [0.25, 0.3) is 5.69 Å². The Morgan fingerprint density at radius 3 is 2.48 bits per heavy atom. The van der Waals surface area contributed by atoms with Crippen LogP contribution >= 0.6 is 11.8 Å². The quantitative estimate of drug-likeness (QED) is 0.239. The average molecular weight is 465 g/mol. The van der Waals surface area contributed by atoms with Gasteiger partial charge in [-0.05, 0) is 44.9 Å². The van der Waals surface area contributed by atoms with E-state index in [1.807, 2.05) is 6.92 Å². The number of amides is 1. The summed E-state index contributed by atoms with van der Waals surface area (Å²) in [5.74, 6) is 1.64. The molecule has 0 fully saturated rings. The molecule has 2 aromatic carbocycles. The van der Waals surface area contributed by atoms with Crippen LogP contribution in [0.2, 0.25) is 0 Å². The molecule has 0 saturated carbocycles. The summed E-state index contributed by atoms with van der Waals surface area (Å²) >= 11 is 1.66. The number of nitrogens with one attached hydrogen (secondary N) is 1. The molecule has 1 amide bonds. The summed E-state index contributed by atoms with van der Waals surface area (Å²) in [6.07, 6.45) is 6.24. The topological polar surface area (TPSA) is 59.8 Å². The van der Waals surface area contributed by atoms with Crippen LogP contribution in [0.4, 0.5) is 0 Å². The summed E-state index contributed by atoms with van der Waals surface area (Å²) in [6, 6.07) is 16.6. The van der Waals surface area contributed by atoms with Crippen LogP contribution < -0.4 is 5.32 Å². The maximum absolute atomic E-state index is 12.5. The van der Waals surface area contributed by atoms with E-state index in [-0.39, 0.29) is 11.9 Å². The van der Waals surface area contributed by atoms with Gasteiger partial charge in [-0.1, -0.05) is 91.9 Å². The zero-order valence-electron chi connectivity index (χ0n) is 20.3. The van der Waals surface area contributed by atoms with Crippen molar-refractivity contribution in [2.45, 2.75) is 83.2 Å². The molecule has 0 aliphatic carbocycles. The molecule has 0 saturated heterocycles. The Balaban J connectivity index is 1.74. The Morgan fingerprint density at radius 2 is 1.76 bits per heavy atom. The van der Waals surface area contributed by atoms with Gasteiger partial charge in [0, 0.05) is 17.9 Å². The maximum atomic E-state index is 12.5. The van der Waals surface area contributed by atoms with Crippen LogP contribution in [0.3, 0.4) is 0 Å². The first-order valence-corrected chi connectivity index (χ1v) is 13.0. The Labute approximate surface area is 202 Å². The van der Waals surface area contributed by atoms with Gasteiger partial charge in [0.1, 0.15) is 0 Å². The fourth-order valence-corrected chi connectivity index (χ4v) is 4.71. The molecule has 3 aromatic rings. The van der Waals surface area contributed by atoms with Gasteiger partial charge in [-0.2, -0.15) is 0 Å². The van der Waals surface area contributed by atoms with Crippen molar-refractivity contribution >= 4 is 17.7 Å². The lowest BCUT2D eigenvalue weighted by Gasteiger charge is -2.16. The van der Waals surface area contributed by atoms with Crippen LogP contribution in [0.1, 0.15) is 80.9 Å². The first-order chi connectivity index (χ1) is 16.0. The number of carbonyl (C=O) groups is 1. The number of aryl methyl sites for hydroxylation is 2. The van der Waals surface area contributed by atoms with Crippen LogP contribution in [-0.4, -0.2) is 20.7 Å². The van der Waals surface area contributed by atoms with Gasteiger partial charge in [0.25, 0.3) is 0 Å². The Hall–Kier alpha value is -2.60. The second kappa shape index (κ2) is 12.6. The highest BCUT2D eigenvalue weighted by molar-refractivity contribution is 7.98. The summed E-state index contributed by atoms with van der Waals surface area (Å²) in [4.78, 5) is 12.5. The minimum absolute atomic E-state index is 0.0754. The van der Waals surface area contributed by atoms with Crippen molar-refractivity contribution in [2.24, 2.45) is 0 Å². The lowest BCUT2D eigenvalue weighted by Crippen LogP contribution is -2.28. The molecule has 1 N–H and O–H groups in total. The van der Waals surface area contributed by atoms with Gasteiger partial charge in [0.05, 0.1) is 6.04 Å². The molecule has 5 nitrogen and oxygen atoms in total. The van der Waals surface area contributed by atoms with Gasteiger partial charge in [0.2, 0.25) is 5.91 Å². The molecule has 1 aromatic heterocycles. The van der Waals surface area contributed by atoms with Crippen LogP contribution in [0.5, 0.6) is 0 Å². The van der Waals surface area contributed by atoms with E-state index in [9.17, 15) is 4.79 Å². The summed E-state index contributed by atoms with van der Waals surface area (Å²) < 4.78 is 2.08. The SMILES string of the molecule is CCCCCCCC(=O)NC(C)c1nnc(SCc2cccc(C)c2)n1-c1ccc(C)cc1. The molecule has 0 radical (unpaired) electrons. The average Bonchev–Trinajstić information content (AvgIpc) is 3.22. The lowest BCUT2D eigenvalue weighted by atomic mass is 10.1. The number of rotatable bonds is 12. The third-order valence-electron chi connectivity index (χ3n) is 5.67. The molecule has 0 bridgehead atoms. The minimum atomic E-state index is -0.227. The number of thioether (sulfide) groups is 1. The predicted octanol–water partition coefficient (Wildman–Crippen LogP) is 6.71. The zero-order valence-corrected chi connectivity index (χ0v) is 21.1. The number of hydrogen-bond acceptors (Lipinski definition) is 4. The number of unbranched alkanes of at least 4 members (excludes halogenated alkanes) is 4. The largest absolute Gasteiger partial charge is 0.346 e. The molecule has 0 aliphatic rings. The summed E-state index contributed by atoms with van der Waals surface area (Å²) in [6.45, 7) is 8.37. The highest BCUT2D eigenvalue weighted by atomic mass is 32.2. The molecule has 6 heteroatoms. The predicted molar refractivity (Wildman–Crippen MR) is 137 cm³/mol. The standard InChI is InChI=1S/C27H36N4OS/c1-5-6-7-8-9-13-25(32)28-22(4)26-29-30-27(31(26)24-16-14-20(2)15-17-24)33-19-23-12-10-11-21(3)18-23/h10-12,14-18,22H,5-9,13,19H2,1-4H3,(H,28,32). The molecule has 1 atom stereocenters. The van der Waals surface area contributed by atoms with E-state index in [4.69, 9.17) is 0 Å². The Bertz CT molecular complexity index is 1030. The number of carbonyl (C=O) groups excluding carboxylic acids is 1. The number of benzene rings is 2. The van der Waals surface area contributed by atoms with Gasteiger partial charge in [-0.25, -0.2) is 0 Å². The molecule has 0 spiro atoms. The number of aromatic nitrogens is 3. The van der Waals surface area contributed by atoms with E-state index in [0.29, 0.717) is 6.42 Å². The smallest absolute Gasteiger partial charge is 0.220 e. The number of nitrogens with zero attached hydrogens (tertiary/aromatic N) is 3. The van der Waals surface area contributed by atoms with Gasteiger partial charge in [-0.3, -0.25) is 9.36 Å². The summed E-state index contributed by atoms with van der Waals surface area (Å²) in [7, 11) is 0. The van der Waals surface area contributed by atoms with Crippen molar-refractivity contribution in [3.8, 4) is 5.69 Å². The van der Waals surface area contributed by atoms with Crippen LogP contribution in [-0.2, 0) is 10.5 Å². The van der Waals surface area contributed by atoms with E-state index in [2.05, 4.69) is 89.4 Å². The van der Waals surface area contributed by atoms with E-state index in [0.717, 1.165) is 35.3 Å². The van der Waals surface area contributed by atoms with Crippen LogP contribution in [0.15, 0.2) is 53.7 Å². The molecule has 3 rings (SSSR count). The zero-order chi connectivity index (χ0) is 23.6. The molecular weight excluding hydrogens is 428 g/mol. The van der Waals surface area contributed by atoms with E-state index < -0.39 is 0 Å². The first-order valence-electron chi connectivity index (χ1n) is 12.0. The van der Waals surface area contributed by atoms with E-state index in [1.165, 1.54) is 36.0 Å². The second-order valence-electron chi connectivity index (χ2n) is 8.74. The molecule has 1 unspecified atom stereocenters. The maximum Gasteiger partial charge on any atom is 0.220 e. The lowest BCUT2D eigenvalue weighted by molar-refractivity contribution is -0.121. The minimum Gasteiger partial charge on any atom is -0.346 e. The monoisotopic (exact) mass is 464 g/mol. The van der Waals surface area contributed by atoms with Gasteiger partial charge in [-0.15, -0.1) is 10.2 Å². The first kappa shape index (κ1) is 25.0. The van der Waals surface area contributed by atoms with Crippen molar-refractivity contribution in [1.82, 2.24) is 20.1 Å². The third-order valence-corrected chi connectivity index (χ3v) is 6.67. The highest BCUT2D eigenvalue weighted by Crippen LogP contribution is 2.28. The second-order valence-corrected chi connectivity index (χ2v) is 9.69. The van der Waals surface area contributed by atoms with Gasteiger partial charge >= 0.3 is 0 Å².